The molecular formula is C36H45N5O4. The number of carbonyl (C=O) groups is 4. The average molecular weight is 612 g/mol. The van der Waals surface area contributed by atoms with Gasteiger partial charge < -0.3 is 25.0 Å². The summed E-state index contributed by atoms with van der Waals surface area (Å²) in [5.41, 5.74) is 5.04. The molecule has 6 rings (SSSR count). The van der Waals surface area contributed by atoms with Crippen LogP contribution in [0, 0.1) is 25.7 Å². The average Bonchev–Trinajstić information content (AvgIpc) is 3.29. The number of aromatic nitrogens is 1. The Balaban J connectivity index is 1.19. The van der Waals surface area contributed by atoms with Crippen LogP contribution < -0.4 is 10.6 Å². The minimum Gasteiger partial charge on any atom is -0.344 e. The van der Waals surface area contributed by atoms with Crippen LogP contribution in [0.5, 0.6) is 0 Å². The van der Waals surface area contributed by atoms with Crippen LogP contribution in [-0.2, 0) is 27.9 Å². The normalized spacial score (nSPS) is 26.0. The maximum absolute atomic E-state index is 14.1. The molecule has 3 saturated heterocycles. The van der Waals surface area contributed by atoms with E-state index in [2.05, 4.69) is 29.7 Å². The third kappa shape index (κ3) is 6.09. The van der Waals surface area contributed by atoms with E-state index >= 15 is 0 Å². The van der Waals surface area contributed by atoms with Gasteiger partial charge in [0.15, 0.2) is 0 Å². The van der Waals surface area contributed by atoms with E-state index in [0.29, 0.717) is 45.3 Å². The summed E-state index contributed by atoms with van der Waals surface area (Å²) < 4.78 is 2.04. The third-order valence-corrected chi connectivity index (χ3v) is 10.3. The molecule has 0 unspecified atom stereocenters. The van der Waals surface area contributed by atoms with Crippen molar-refractivity contribution in [3.05, 3.63) is 70.9 Å². The first-order valence-corrected chi connectivity index (χ1v) is 16.4. The number of hydrogen-bond acceptors (Lipinski definition) is 4. The van der Waals surface area contributed by atoms with E-state index in [0.717, 1.165) is 39.7 Å². The van der Waals surface area contributed by atoms with Crippen molar-refractivity contribution in [2.24, 2.45) is 18.9 Å². The van der Waals surface area contributed by atoms with Gasteiger partial charge in [0, 0.05) is 44.5 Å². The Bertz CT molecular complexity index is 1610. The molecule has 3 aromatic rings. The number of rotatable bonds is 4. The predicted octanol–water partition coefficient (Wildman–Crippen LogP) is 3.89. The molecule has 5 atom stereocenters. The van der Waals surface area contributed by atoms with Crippen molar-refractivity contribution in [1.82, 2.24) is 25.0 Å². The van der Waals surface area contributed by atoms with Crippen LogP contribution in [0.2, 0.25) is 0 Å². The molecule has 45 heavy (non-hydrogen) atoms. The summed E-state index contributed by atoms with van der Waals surface area (Å²) in [5.74, 6) is -0.264. The molecule has 2 N–H and O–H groups in total. The van der Waals surface area contributed by atoms with E-state index in [1.807, 2.05) is 64.7 Å². The lowest BCUT2D eigenvalue weighted by Gasteiger charge is -2.51. The Morgan fingerprint density at radius 1 is 0.956 bits per heavy atom. The lowest BCUT2D eigenvalue weighted by atomic mass is 9.77. The third-order valence-electron chi connectivity index (χ3n) is 10.3. The zero-order valence-electron chi connectivity index (χ0n) is 26.8. The number of aryl methyl sites for hydroxylation is 4. The van der Waals surface area contributed by atoms with Crippen LogP contribution in [-0.4, -0.2) is 75.8 Å². The van der Waals surface area contributed by atoms with Gasteiger partial charge in [-0.05, 0) is 81.4 Å². The molecule has 3 fully saturated rings. The monoisotopic (exact) mass is 611 g/mol. The van der Waals surface area contributed by atoms with Gasteiger partial charge in [-0.25, -0.2) is 0 Å². The zero-order valence-corrected chi connectivity index (χ0v) is 26.8. The van der Waals surface area contributed by atoms with Crippen LogP contribution in [0.3, 0.4) is 0 Å². The van der Waals surface area contributed by atoms with Crippen molar-refractivity contribution >= 4 is 34.5 Å². The summed E-state index contributed by atoms with van der Waals surface area (Å²) in [6, 6.07) is 14.6. The van der Waals surface area contributed by atoms with Gasteiger partial charge in [-0.2, -0.15) is 0 Å². The van der Waals surface area contributed by atoms with Crippen LogP contribution in [0.1, 0.15) is 66.2 Å². The van der Waals surface area contributed by atoms with E-state index < -0.39 is 12.1 Å². The number of likely N-dealkylation sites (tertiary alicyclic amines) is 1. The molecule has 1 aromatic heterocycles. The first kappa shape index (κ1) is 30.9. The standard InChI is InChI=1S/C36H45N5O4/c1-22-10-8-13-28-23(2)33(39(4)32(22)28)36(45)40-19-26-18-27(21-40)30-14-9-15-31(42)38-29(17-16-25-11-6-5-7-12-25)34(43)37-24(3)35(44)41(30)20-26/h5-8,10-13,24,26-27,29-30H,9,14-21H2,1-4H3,(H,37,43)(H,38,42)/t24-,26+,27-,29+,30+/m1/s1. The summed E-state index contributed by atoms with van der Waals surface area (Å²) in [4.78, 5) is 58.4. The highest BCUT2D eigenvalue weighted by molar-refractivity contribution is 6.02. The lowest BCUT2D eigenvalue weighted by Crippen LogP contribution is -2.63. The van der Waals surface area contributed by atoms with E-state index in [1.165, 1.54) is 0 Å². The number of fused-ring (bicyclic) bond motifs is 5. The van der Waals surface area contributed by atoms with Gasteiger partial charge in [-0.15, -0.1) is 0 Å². The summed E-state index contributed by atoms with van der Waals surface area (Å²) in [5, 5.41) is 6.96. The molecule has 9 heteroatoms. The molecule has 0 spiro atoms. The van der Waals surface area contributed by atoms with Crippen molar-refractivity contribution in [3.63, 3.8) is 0 Å². The molecule has 4 amide bonds. The number of hydrogen-bond donors (Lipinski definition) is 2. The number of nitrogens with zero attached hydrogens (tertiary/aromatic N) is 3. The maximum Gasteiger partial charge on any atom is 0.270 e. The summed E-state index contributed by atoms with van der Waals surface area (Å²) in [6.07, 6.45) is 3.62. The number of para-hydroxylation sites is 1. The van der Waals surface area contributed by atoms with Gasteiger partial charge >= 0.3 is 0 Å². The highest BCUT2D eigenvalue weighted by Gasteiger charge is 2.45. The van der Waals surface area contributed by atoms with E-state index in [1.54, 1.807) is 6.92 Å². The van der Waals surface area contributed by atoms with Crippen LogP contribution in [0.4, 0.5) is 0 Å². The quantitative estimate of drug-likeness (QED) is 0.467. The van der Waals surface area contributed by atoms with Crippen LogP contribution >= 0.6 is 0 Å². The summed E-state index contributed by atoms with van der Waals surface area (Å²) >= 11 is 0. The second kappa shape index (κ2) is 12.7. The van der Waals surface area contributed by atoms with Crippen molar-refractivity contribution in [1.29, 1.82) is 0 Å². The van der Waals surface area contributed by atoms with Crippen LogP contribution in [0.15, 0.2) is 48.5 Å². The van der Waals surface area contributed by atoms with Crippen molar-refractivity contribution in [2.45, 2.75) is 77.4 Å². The zero-order chi connectivity index (χ0) is 31.8. The topological polar surface area (TPSA) is 104 Å². The van der Waals surface area contributed by atoms with Gasteiger partial charge in [0.25, 0.3) is 5.91 Å². The number of carbonyl (C=O) groups excluding carboxylic acids is 4. The van der Waals surface area contributed by atoms with E-state index in [-0.39, 0.29) is 47.9 Å². The highest BCUT2D eigenvalue weighted by atomic mass is 16.2. The molecule has 3 aliphatic heterocycles. The van der Waals surface area contributed by atoms with E-state index in [9.17, 15) is 19.2 Å². The lowest BCUT2D eigenvalue weighted by molar-refractivity contribution is -0.145. The Morgan fingerprint density at radius 2 is 1.73 bits per heavy atom. The first-order chi connectivity index (χ1) is 21.6. The van der Waals surface area contributed by atoms with Gasteiger partial charge in [0.2, 0.25) is 17.7 Å². The molecule has 3 aliphatic rings. The number of amides is 4. The van der Waals surface area contributed by atoms with Gasteiger partial charge in [0.05, 0.1) is 5.52 Å². The minimum absolute atomic E-state index is 0.0368. The number of benzene rings is 2. The fourth-order valence-electron chi connectivity index (χ4n) is 8.07. The summed E-state index contributed by atoms with van der Waals surface area (Å²) in [7, 11) is 1.97. The molecule has 0 saturated carbocycles. The fraction of sp³-hybridized carbons (Fsp3) is 0.500. The number of nitrogens with one attached hydrogen (secondary N) is 2. The maximum atomic E-state index is 14.1. The van der Waals surface area contributed by atoms with Crippen molar-refractivity contribution in [3.8, 4) is 0 Å². The van der Waals surface area contributed by atoms with E-state index in [4.69, 9.17) is 0 Å². The summed E-state index contributed by atoms with van der Waals surface area (Å²) in [6.45, 7) is 7.55. The first-order valence-electron chi connectivity index (χ1n) is 16.4. The molecule has 2 aromatic carbocycles. The highest BCUT2D eigenvalue weighted by Crippen LogP contribution is 2.37. The smallest absolute Gasteiger partial charge is 0.270 e. The van der Waals surface area contributed by atoms with Gasteiger partial charge in [-0.3, -0.25) is 19.2 Å². The van der Waals surface area contributed by atoms with Gasteiger partial charge in [-0.1, -0.05) is 48.5 Å². The molecule has 238 valence electrons. The van der Waals surface area contributed by atoms with Gasteiger partial charge in [0.1, 0.15) is 17.8 Å². The van der Waals surface area contributed by atoms with Crippen LogP contribution in [0.25, 0.3) is 10.9 Å². The molecule has 9 nitrogen and oxygen atoms in total. The van der Waals surface area contributed by atoms with Crippen molar-refractivity contribution < 1.29 is 19.2 Å². The largest absolute Gasteiger partial charge is 0.344 e. The molecule has 2 bridgehead atoms. The Kier molecular flexibility index (Phi) is 8.71. The molecular weight excluding hydrogens is 566 g/mol. The van der Waals surface area contributed by atoms with Crippen molar-refractivity contribution in [2.75, 3.05) is 19.6 Å². The fourth-order valence-corrected chi connectivity index (χ4v) is 8.07. The molecule has 0 radical (unpaired) electrons. The second-order valence-electron chi connectivity index (χ2n) is 13.4. The Labute approximate surface area is 265 Å². The second-order valence-corrected chi connectivity index (χ2v) is 13.4. The Morgan fingerprint density at radius 3 is 2.49 bits per heavy atom. The predicted molar refractivity (Wildman–Crippen MR) is 174 cm³/mol. The minimum atomic E-state index is -0.714. The number of piperidine rings is 2. The SMILES string of the molecule is Cc1c(C(=O)N2C[C@@H]3C[C@H](C2)[C@@H]2CCCC(=O)N[C@@H](CCc4ccccc4)C(=O)N[C@H](C)C(=O)N2C3)n(C)c2c(C)cccc12. The molecule has 4 heterocycles. The Hall–Kier alpha value is -4.14. The molecule has 0 aliphatic carbocycles.